The summed E-state index contributed by atoms with van der Waals surface area (Å²) >= 11 is 0. The molecule has 0 saturated carbocycles. The van der Waals surface area contributed by atoms with Gasteiger partial charge in [-0.15, -0.1) is 0 Å². The molecule has 1 aromatic carbocycles. The first kappa shape index (κ1) is 10.5. The van der Waals surface area contributed by atoms with E-state index in [2.05, 4.69) is 0 Å². The molecule has 0 fully saturated rings. The van der Waals surface area contributed by atoms with Crippen molar-refractivity contribution >= 4 is 6.29 Å². The lowest BCUT2D eigenvalue weighted by Gasteiger charge is -2.07. The molecule has 1 heterocycles. The molecule has 16 heavy (non-hydrogen) atoms. The van der Waals surface area contributed by atoms with Crippen LogP contribution in [-0.4, -0.2) is 6.29 Å². The van der Waals surface area contributed by atoms with Crippen molar-refractivity contribution in [1.29, 1.82) is 0 Å². The van der Waals surface area contributed by atoms with Crippen molar-refractivity contribution < 1.29 is 13.9 Å². The molecule has 0 bridgehead atoms. The molecule has 0 atom stereocenters. The first-order chi connectivity index (χ1) is 7.79. The summed E-state index contributed by atoms with van der Waals surface area (Å²) in [6.07, 6.45) is 2.43. The zero-order chi connectivity index (χ0) is 11.4. The van der Waals surface area contributed by atoms with E-state index in [1.54, 1.807) is 24.5 Å². The number of rotatable bonds is 4. The number of carbonyl (C=O) groups excluding carboxylic acids is 1. The van der Waals surface area contributed by atoms with Crippen molar-refractivity contribution in [3.05, 3.63) is 53.5 Å². The Morgan fingerprint density at radius 2 is 2.25 bits per heavy atom. The number of hydrogen-bond donors (Lipinski definition) is 0. The van der Waals surface area contributed by atoms with Gasteiger partial charge in [-0.2, -0.15) is 0 Å². The van der Waals surface area contributed by atoms with Crippen LogP contribution in [0.3, 0.4) is 0 Å². The molecular formula is C13H12O3. The molecule has 0 amide bonds. The number of furan rings is 1. The predicted molar refractivity (Wildman–Crippen MR) is 59.6 cm³/mol. The maximum atomic E-state index is 10.6. The third-order valence-electron chi connectivity index (χ3n) is 2.29. The summed E-state index contributed by atoms with van der Waals surface area (Å²) in [5, 5.41) is 0. The summed E-state index contributed by atoms with van der Waals surface area (Å²) in [6, 6.07) is 9.00. The molecule has 0 aliphatic carbocycles. The van der Waals surface area contributed by atoms with Crippen LogP contribution in [0.5, 0.6) is 5.75 Å². The Balaban J connectivity index is 2.07. The third-order valence-corrected chi connectivity index (χ3v) is 2.29. The van der Waals surface area contributed by atoms with Gasteiger partial charge in [-0.1, -0.05) is 0 Å². The fourth-order valence-corrected chi connectivity index (χ4v) is 1.45. The van der Waals surface area contributed by atoms with Crippen molar-refractivity contribution in [2.24, 2.45) is 0 Å². The Kier molecular flexibility index (Phi) is 3.05. The van der Waals surface area contributed by atoms with E-state index >= 15 is 0 Å². The minimum atomic E-state index is 0.397. The summed E-state index contributed by atoms with van der Waals surface area (Å²) in [5.74, 6) is 1.54. The van der Waals surface area contributed by atoms with Gasteiger partial charge in [-0.05, 0) is 42.8 Å². The summed E-state index contributed by atoms with van der Waals surface area (Å²) in [6.45, 7) is 2.30. The molecule has 1 aromatic heterocycles. The molecule has 0 saturated heterocycles. The molecule has 0 aliphatic rings. The summed E-state index contributed by atoms with van der Waals surface area (Å²) < 4.78 is 10.7. The molecule has 3 heteroatoms. The largest absolute Gasteiger partial charge is 0.485 e. The van der Waals surface area contributed by atoms with Crippen LogP contribution in [0.4, 0.5) is 0 Å². The number of ether oxygens (including phenoxy) is 1. The van der Waals surface area contributed by atoms with Crippen LogP contribution < -0.4 is 4.74 Å². The third kappa shape index (κ3) is 2.31. The molecular weight excluding hydrogens is 204 g/mol. The van der Waals surface area contributed by atoms with Gasteiger partial charge in [0.25, 0.3) is 0 Å². The smallest absolute Gasteiger partial charge is 0.150 e. The van der Waals surface area contributed by atoms with Crippen molar-refractivity contribution in [3.63, 3.8) is 0 Å². The van der Waals surface area contributed by atoms with Gasteiger partial charge >= 0.3 is 0 Å². The van der Waals surface area contributed by atoms with E-state index in [1.807, 2.05) is 19.1 Å². The highest BCUT2D eigenvalue weighted by Gasteiger charge is 2.02. The first-order valence-electron chi connectivity index (χ1n) is 5.00. The molecule has 2 rings (SSSR count). The average Bonchev–Trinajstić information content (AvgIpc) is 2.80. The van der Waals surface area contributed by atoms with Crippen LogP contribution >= 0.6 is 0 Å². The van der Waals surface area contributed by atoms with E-state index < -0.39 is 0 Å². The Morgan fingerprint density at radius 3 is 2.88 bits per heavy atom. The predicted octanol–water partition coefficient (Wildman–Crippen LogP) is 2.98. The van der Waals surface area contributed by atoms with Gasteiger partial charge in [-0.3, -0.25) is 4.79 Å². The van der Waals surface area contributed by atoms with E-state index in [9.17, 15) is 4.79 Å². The Hall–Kier alpha value is -2.03. The van der Waals surface area contributed by atoms with Crippen LogP contribution in [0, 0.1) is 6.92 Å². The zero-order valence-electron chi connectivity index (χ0n) is 8.97. The van der Waals surface area contributed by atoms with Crippen LogP contribution in [0.2, 0.25) is 0 Å². The Morgan fingerprint density at radius 1 is 1.38 bits per heavy atom. The van der Waals surface area contributed by atoms with Gasteiger partial charge in [0.05, 0.1) is 6.26 Å². The molecule has 0 unspecified atom stereocenters. The number of aldehydes is 1. The minimum absolute atomic E-state index is 0.397. The number of hydrogen-bond acceptors (Lipinski definition) is 3. The maximum Gasteiger partial charge on any atom is 0.150 e. The van der Waals surface area contributed by atoms with Crippen LogP contribution in [0.15, 0.2) is 41.0 Å². The van der Waals surface area contributed by atoms with Gasteiger partial charge < -0.3 is 9.15 Å². The van der Waals surface area contributed by atoms with E-state index in [0.29, 0.717) is 12.2 Å². The van der Waals surface area contributed by atoms with Crippen LogP contribution in [0.1, 0.15) is 21.7 Å². The highest BCUT2D eigenvalue weighted by molar-refractivity contribution is 5.75. The normalized spacial score (nSPS) is 10.1. The fourth-order valence-electron chi connectivity index (χ4n) is 1.45. The van der Waals surface area contributed by atoms with Crippen LogP contribution in [0.25, 0.3) is 0 Å². The van der Waals surface area contributed by atoms with Crippen molar-refractivity contribution in [2.75, 3.05) is 0 Å². The lowest BCUT2D eigenvalue weighted by atomic mass is 10.1. The number of benzene rings is 1. The Labute approximate surface area is 93.7 Å². The van der Waals surface area contributed by atoms with Crippen molar-refractivity contribution in [3.8, 4) is 5.75 Å². The van der Waals surface area contributed by atoms with Crippen LogP contribution in [-0.2, 0) is 6.61 Å². The Bertz CT molecular complexity index is 472. The van der Waals surface area contributed by atoms with E-state index in [-0.39, 0.29) is 0 Å². The molecule has 0 spiro atoms. The molecule has 82 valence electrons. The topological polar surface area (TPSA) is 39.4 Å². The number of carbonyl (C=O) groups is 1. The second-order valence-corrected chi connectivity index (χ2v) is 3.51. The highest BCUT2D eigenvalue weighted by Crippen LogP contribution is 2.19. The molecule has 2 aromatic rings. The molecule has 3 nitrogen and oxygen atoms in total. The monoisotopic (exact) mass is 216 g/mol. The quantitative estimate of drug-likeness (QED) is 0.737. The maximum absolute atomic E-state index is 10.6. The van der Waals surface area contributed by atoms with Crippen molar-refractivity contribution in [1.82, 2.24) is 0 Å². The molecule has 0 radical (unpaired) electrons. The van der Waals surface area contributed by atoms with E-state index in [4.69, 9.17) is 9.15 Å². The van der Waals surface area contributed by atoms with Crippen molar-refractivity contribution in [2.45, 2.75) is 13.5 Å². The summed E-state index contributed by atoms with van der Waals surface area (Å²) in [4.78, 5) is 10.6. The van der Waals surface area contributed by atoms with Gasteiger partial charge in [0, 0.05) is 5.56 Å². The van der Waals surface area contributed by atoms with Gasteiger partial charge in [0.15, 0.2) is 0 Å². The lowest BCUT2D eigenvalue weighted by Crippen LogP contribution is -1.96. The standard InChI is InChI=1S/C13H12O3/c1-10-7-11(8-14)4-5-13(10)16-9-12-3-2-6-15-12/h2-8H,9H2,1H3. The van der Waals surface area contributed by atoms with E-state index in [1.165, 1.54) is 0 Å². The SMILES string of the molecule is Cc1cc(C=O)ccc1OCc1ccco1. The second-order valence-electron chi connectivity index (χ2n) is 3.51. The van der Waals surface area contributed by atoms with E-state index in [0.717, 1.165) is 23.4 Å². The molecule has 0 aliphatic heterocycles. The summed E-state index contributed by atoms with van der Waals surface area (Å²) in [7, 11) is 0. The lowest BCUT2D eigenvalue weighted by molar-refractivity contribution is 0.112. The second kappa shape index (κ2) is 4.66. The summed E-state index contributed by atoms with van der Waals surface area (Å²) in [5.41, 5.74) is 1.60. The fraction of sp³-hybridized carbons (Fsp3) is 0.154. The van der Waals surface area contributed by atoms with Gasteiger partial charge in [0.2, 0.25) is 0 Å². The number of aryl methyl sites for hydroxylation is 1. The first-order valence-corrected chi connectivity index (χ1v) is 5.00. The zero-order valence-corrected chi connectivity index (χ0v) is 8.97. The molecule has 0 N–H and O–H groups in total. The van der Waals surface area contributed by atoms with Gasteiger partial charge in [-0.25, -0.2) is 0 Å². The average molecular weight is 216 g/mol. The minimum Gasteiger partial charge on any atom is -0.485 e. The van der Waals surface area contributed by atoms with Gasteiger partial charge in [0.1, 0.15) is 24.4 Å². The highest BCUT2D eigenvalue weighted by atomic mass is 16.5.